The number of amides is 3. The molecule has 160 valence electrons. The molecule has 2 aromatic rings. The molecule has 1 saturated heterocycles. The number of benzene rings is 1. The van der Waals surface area contributed by atoms with Gasteiger partial charge in [-0.2, -0.15) is 0 Å². The number of halogens is 1. The topological polar surface area (TPSA) is 104 Å². The molecule has 3 amide bonds. The minimum atomic E-state index is -0.427. The summed E-state index contributed by atoms with van der Waals surface area (Å²) >= 11 is 6.80. The summed E-state index contributed by atoms with van der Waals surface area (Å²) < 4.78 is 0. The smallest absolute Gasteiger partial charge is 0.286 e. The van der Waals surface area contributed by atoms with Gasteiger partial charge in [-0.1, -0.05) is 22.9 Å². The Bertz CT molecular complexity index is 907. The lowest BCUT2D eigenvalue weighted by Crippen LogP contribution is -2.40. The van der Waals surface area contributed by atoms with Crippen LogP contribution in [0.1, 0.15) is 52.7 Å². The van der Waals surface area contributed by atoms with Crippen molar-refractivity contribution >= 4 is 46.3 Å². The van der Waals surface area contributed by atoms with Crippen molar-refractivity contribution in [3.8, 4) is 0 Å². The predicted molar refractivity (Wildman–Crippen MR) is 116 cm³/mol. The van der Waals surface area contributed by atoms with Crippen molar-refractivity contribution < 1.29 is 14.4 Å². The Labute approximate surface area is 184 Å². The van der Waals surface area contributed by atoms with Gasteiger partial charge < -0.3 is 15.5 Å². The van der Waals surface area contributed by atoms with Gasteiger partial charge in [-0.15, -0.1) is 10.2 Å². The van der Waals surface area contributed by atoms with E-state index in [4.69, 9.17) is 11.6 Å². The van der Waals surface area contributed by atoms with Crippen molar-refractivity contribution in [2.45, 2.75) is 39.2 Å². The molecule has 2 heterocycles. The average Bonchev–Trinajstić information content (AvgIpc) is 3.19. The third-order valence-corrected chi connectivity index (χ3v) is 5.89. The molecule has 0 aliphatic carbocycles. The molecular weight excluding hydrogens is 426 g/mol. The minimum absolute atomic E-state index is 0.0511. The number of aromatic nitrogens is 2. The van der Waals surface area contributed by atoms with Crippen LogP contribution in [0, 0.1) is 5.92 Å². The molecule has 1 aliphatic rings. The Balaban J connectivity index is 1.52. The Morgan fingerprint density at radius 1 is 1.13 bits per heavy atom. The third kappa shape index (κ3) is 5.99. The van der Waals surface area contributed by atoms with Gasteiger partial charge >= 0.3 is 0 Å². The fourth-order valence-electron chi connectivity index (χ4n) is 3.24. The zero-order valence-corrected chi connectivity index (χ0v) is 18.4. The fourth-order valence-corrected chi connectivity index (χ4v) is 4.07. The van der Waals surface area contributed by atoms with E-state index in [0.717, 1.165) is 24.2 Å². The van der Waals surface area contributed by atoms with Gasteiger partial charge in [0, 0.05) is 36.3 Å². The Kier molecular flexibility index (Phi) is 7.38. The van der Waals surface area contributed by atoms with Crippen LogP contribution in [-0.4, -0.2) is 52.0 Å². The summed E-state index contributed by atoms with van der Waals surface area (Å²) in [6.07, 6.45) is 2.01. The quantitative estimate of drug-likeness (QED) is 0.704. The van der Waals surface area contributed by atoms with Crippen molar-refractivity contribution in [1.29, 1.82) is 0 Å². The standard InChI is InChI=1S/C20H24ClN5O3S/c1-12(2)22-16(27)11-13-7-9-26(10-8-13)20(29)19-25-24-18(30-19)17(28)23-15-5-3-14(21)4-6-15/h3-6,12-13H,7-11H2,1-2H3,(H,22,27)(H,23,28). The summed E-state index contributed by atoms with van der Waals surface area (Å²) in [6.45, 7) is 4.99. The van der Waals surface area contributed by atoms with Crippen LogP contribution in [0.25, 0.3) is 0 Å². The van der Waals surface area contributed by atoms with E-state index in [0.29, 0.717) is 30.2 Å². The number of nitrogens with zero attached hydrogens (tertiary/aromatic N) is 3. The Morgan fingerprint density at radius 2 is 1.77 bits per heavy atom. The summed E-state index contributed by atoms with van der Waals surface area (Å²) in [5.74, 6) is -0.343. The van der Waals surface area contributed by atoms with Crippen LogP contribution in [0.2, 0.25) is 5.02 Å². The van der Waals surface area contributed by atoms with Gasteiger partial charge in [0.05, 0.1) is 0 Å². The van der Waals surface area contributed by atoms with Gasteiger partial charge in [0.1, 0.15) is 0 Å². The number of nitrogens with one attached hydrogen (secondary N) is 2. The Morgan fingerprint density at radius 3 is 2.40 bits per heavy atom. The highest BCUT2D eigenvalue weighted by Crippen LogP contribution is 2.23. The van der Waals surface area contributed by atoms with E-state index >= 15 is 0 Å². The first kappa shape index (κ1) is 22.2. The number of anilines is 1. The molecule has 0 spiro atoms. The molecular formula is C20H24ClN5O3S. The minimum Gasteiger partial charge on any atom is -0.354 e. The number of likely N-dealkylation sites (tertiary alicyclic amines) is 1. The highest BCUT2D eigenvalue weighted by molar-refractivity contribution is 7.15. The molecule has 2 N–H and O–H groups in total. The van der Waals surface area contributed by atoms with E-state index < -0.39 is 5.91 Å². The molecule has 10 heteroatoms. The molecule has 1 aromatic carbocycles. The van der Waals surface area contributed by atoms with Crippen LogP contribution in [0.5, 0.6) is 0 Å². The molecule has 8 nitrogen and oxygen atoms in total. The second-order valence-electron chi connectivity index (χ2n) is 7.54. The molecule has 0 unspecified atom stereocenters. The summed E-state index contributed by atoms with van der Waals surface area (Å²) in [5, 5.41) is 14.2. The molecule has 1 fully saturated rings. The van der Waals surface area contributed by atoms with Gasteiger partial charge in [-0.3, -0.25) is 14.4 Å². The molecule has 1 aromatic heterocycles. The summed E-state index contributed by atoms with van der Waals surface area (Å²) in [7, 11) is 0. The van der Waals surface area contributed by atoms with Crippen LogP contribution >= 0.6 is 22.9 Å². The first-order chi connectivity index (χ1) is 14.3. The lowest BCUT2D eigenvalue weighted by Gasteiger charge is -2.31. The average molecular weight is 450 g/mol. The van der Waals surface area contributed by atoms with Gasteiger partial charge in [-0.25, -0.2) is 0 Å². The predicted octanol–water partition coefficient (Wildman–Crippen LogP) is 3.21. The maximum atomic E-state index is 12.7. The van der Waals surface area contributed by atoms with Gasteiger partial charge in [0.2, 0.25) is 15.9 Å². The Hall–Kier alpha value is -2.52. The molecule has 0 atom stereocenters. The van der Waals surface area contributed by atoms with E-state index in [-0.39, 0.29) is 33.8 Å². The van der Waals surface area contributed by atoms with Gasteiger partial charge in [0.15, 0.2) is 0 Å². The first-order valence-electron chi connectivity index (χ1n) is 9.81. The van der Waals surface area contributed by atoms with Gasteiger partial charge in [-0.05, 0) is 56.9 Å². The van der Waals surface area contributed by atoms with E-state index in [9.17, 15) is 14.4 Å². The second kappa shape index (κ2) is 9.99. The molecule has 0 bridgehead atoms. The number of carbonyl (C=O) groups excluding carboxylic acids is 3. The maximum Gasteiger partial charge on any atom is 0.286 e. The molecule has 0 radical (unpaired) electrons. The van der Waals surface area contributed by atoms with Crippen molar-refractivity contribution in [3.63, 3.8) is 0 Å². The highest BCUT2D eigenvalue weighted by atomic mass is 35.5. The van der Waals surface area contributed by atoms with E-state index in [1.807, 2.05) is 13.8 Å². The van der Waals surface area contributed by atoms with Crippen molar-refractivity contribution in [1.82, 2.24) is 20.4 Å². The maximum absolute atomic E-state index is 12.7. The lowest BCUT2D eigenvalue weighted by molar-refractivity contribution is -0.122. The molecule has 0 saturated carbocycles. The third-order valence-electron chi connectivity index (χ3n) is 4.73. The van der Waals surface area contributed by atoms with Crippen LogP contribution in [-0.2, 0) is 4.79 Å². The van der Waals surface area contributed by atoms with Crippen LogP contribution in [0.4, 0.5) is 5.69 Å². The summed E-state index contributed by atoms with van der Waals surface area (Å²) in [6, 6.07) is 6.82. The summed E-state index contributed by atoms with van der Waals surface area (Å²) in [4.78, 5) is 38.7. The zero-order valence-electron chi connectivity index (χ0n) is 16.9. The number of piperidine rings is 1. The van der Waals surface area contributed by atoms with Gasteiger partial charge in [0.25, 0.3) is 11.8 Å². The normalized spacial score (nSPS) is 14.6. The second-order valence-corrected chi connectivity index (χ2v) is 8.95. The van der Waals surface area contributed by atoms with Crippen LogP contribution in [0.3, 0.4) is 0 Å². The summed E-state index contributed by atoms with van der Waals surface area (Å²) in [5.41, 5.74) is 0.580. The number of hydrogen-bond acceptors (Lipinski definition) is 6. The molecule has 30 heavy (non-hydrogen) atoms. The van der Waals surface area contributed by atoms with Crippen molar-refractivity contribution in [2.24, 2.45) is 5.92 Å². The number of hydrogen-bond donors (Lipinski definition) is 2. The monoisotopic (exact) mass is 449 g/mol. The van der Waals surface area contributed by atoms with Crippen LogP contribution < -0.4 is 10.6 Å². The van der Waals surface area contributed by atoms with E-state index in [1.165, 1.54) is 0 Å². The van der Waals surface area contributed by atoms with E-state index in [2.05, 4.69) is 20.8 Å². The largest absolute Gasteiger partial charge is 0.354 e. The van der Waals surface area contributed by atoms with Crippen LogP contribution in [0.15, 0.2) is 24.3 Å². The fraction of sp³-hybridized carbons (Fsp3) is 0.450. The van der Waals surface area contributed by atoms with Crippen molar-refractivity contribution in [2.75, 3.05) is 18.4 Å². The molecule has 3 rings (SSSR count). The van der Waals surface area contributed by atoms with Crippen molar-refractivity contribution in [3.05, 3.63) is 39.3 Å². The number of carbonyl (C=O) groups is 3. The highest BCUT2D eigenvalue weighted by Gasteiger charge is 2.28. The van der Waals surface area contributed by atoms with E-state index in [1.54, 1.807) is 29.2 Å². The SMILES string of the molecule is CC(C)NC(=O)CC1CCN(C(=O)c2nnc(C(=O)Nc3ccc(Cl)cc3)s2)CC1. The molecule has 1 aliphatic heterocycles. The number of rotatable bonds is 6. The zero-order chi connectivity index (χ0) is 21.7. The first-order valence-corrected chi connectivity index (χ1v) is 11.0. The lowest BCUT2D eigenvalue weighted by atomic mass is 9.93.